The van der Waals surface area contributed by atoms with Crippen LogP contribution in [0.25, 0.3) is 17.0 Å². The SMILES string of the molecule is CCOC(=O)C1(/C=C/c2ccc3ccc([C@@H](C)OC(C)=O)nc3c2)CCC(C)(O)CC1. The molecule has 1 aliphatic carbocycles. The van der Waals surface area contributed by atoms with Crippen molar-refractivity contribution in [1.29, 1.82) is 0 Å². The Morgan fingerprint density at radius 3 is 2.52 bits per heavy atom. The van der Waals surface area contributed by atoms with Crippen LogP contribution in [0.4, 0.5) is 0 Å². The minimum Gasteiger partial charge on any atom is -0.465 e. The molecule has 31 heavy (non-hydrogen) atoms. The van der Waals surface area contributed by atoms with Crippen molar-refractivity contribution in [2.75, 3.05) is 6.61 Å². The third-order valence-electron chi connectivity index (χ3n) is 5.99. The van der Waals surface area contributed by atoms with Gasteiger partial charge in [-0.15, -0.1) is 0 Å². The number of aliphatic hydroxyl groups is 1. The van der Waals surface area contributed by atoms with E-state index in [1.807, 2.05) is 49.4 Å². The molecule has 0 spiro atoms. The predicted molar refractivity (Wildman–Crippen MR) is 119 cm³/mol. The highest BCUT2D eigenvalue weighted by atomic mass is 16.5. The van der Waals surface area contributed by atoms with Crippen molar-refractivity contribution in [3.63, 3.8) is 0 Å². The number of ether oxygens (including phenoxy) is 2. The van der Waals surface area contributed by atoms with Gasteiger partial charge in [-0.1, -0.05) is 30.4 Å². The fraction of sp³-hybridized carbons (Fsp3) is 0.480. The summed E-state index contributed by atoms with van der Waals surface area (Å²) in [6.45, 7) is 7.12. The van der Waals surface area contributed by atoms with Crippen LogP contribution in [0, 0.1) is 5.41 Å². The maximum absolute atomic E-state index is 12.8. The summed E-state index contributed by atoms with van der Waals surface area (Å²) in [4.78, 5) is 28.7. The first-order valence-electron chi connectivity index (χ1n) is 10.8. The van der Waals surface area contributed by atoms with Gasteiger partial charge in [-0.2, -0.15) is 0 Å². The molecule has 0 saturated heterocycles. The van der Waals surface area contributed by atoms with Crippen LogP contribution in [0.3, 0.4) is 0 Å². The van der Waals surface area contributed by atoms with Gasteiger partial charge in [0.05, 0.1) is 28.8 Å². The number of hydrogen-bond acceptors (Lipinski definition) is 6. The summed E-state index contributed by atoms with van der Waals surface area (Å²) in [5, 5.41) is 11.3. The molecule has 1 aliphatic rings. The predicted octanol–water partition coefficient (Wildman–Crippen LogP) is 4.75. The summed E-state index contributed by atoms with van der Waals surface area (Å²) in [6, 6.07) is 9.72. The van der Waals surface area contributed by atoms with Gasteiger partial charge in [0.25, 0.3) is 0 Å². The van der Waals surface area contributed by atoms with Crippen molar-refractivity contribution in [2.24, 2.45) is 5.41 Å². The van der Waals surface area contributed by atoms with Crippen molar-refractivity contribution in [3.05, 3.63) is 47.7 Å². The normalized spacial score (nSPS) is 24.8. The van der Waals surface area contributed by atoms with Crippen LogP contribution in [-0.2, 0) is 19.1 Å². The molecule has 3 rings (SSSR count). The minimum atomic E-state index is -0.744. The van der Waals surface area contributed by atoms with Crippen LogP contribution < -0.4 is 0 Å². The van der Waals surface area contributed by atoms with Gasteiger partial charge in [0.1, 0.15) is 6.10 Å². The van der Waals surface area contributed by atoms with E-state index in [1.54, 1.807) is 13.8 Å². The summed E-state index contributed by atoms with van der Waals surface area (Å²) in [7, 11) is 0. The Hall–Kier alpha value is -2.73. The van der Waals surface area contributed by atoms with Gasteiger partial charge in [0.15, 0.2) is 0 Å². The zero-order chi connectivity index (χ0) is 22.6. The third kappa shape index (κ3) is 5.50. The van der Waals surface area contributed by atoms with Crippen LogP contribution in [0.2, 0.25) is 0 Å². The molecule has 1 N–H and O–H groups in total. The largest absolute Gasteiger partial charge is 0.465 e. The number of nitrogens with zero attached hydrogens (tertiary/aromatic N) is 1. The lowest BCUT2D eigenvalue weighted by Gasteiger charge is -2.39. The molecule has 0 aliphatic heterocycles. The van der Waals surface area contributed by atoms with Crippen molar-refractivity contribution in [2.45, 2.75) is 65.1 Å². The van der Waals surface area contributed by atoms with Crippen LogP contribution in [0.15, 0.2) is 36.4 Å². The number of hydrogen-bond donors (Lipinski definition) is 1. The van der Waals surface area contributed by atoms with Gasteiger partial charge < -0.3 is 14.6 Å². The summed E-state index contributed by atoms with van der Waals surface area (Å²) >= 11 is 0. The van der Waals surface area contributed by atoms with Crippen LogP contribution in [-0.4, -0.2) is 34.2 Å². The van der Waals surface area contributed by atoms with Crippen LogP contribution in [0.1, 0.15) is 70.7 Å². The number of esters is 2. The van der Waals surface area contributed by atoms with Crippen molar-refractivity contribution >= 4 is 28.9 Å². The van der Waals surface area contributed by atoms with E-state index >= 15 is 0 Å². The number of fused-ring (bicyclic) bond motifs is 1. The Bertz CT molecular complexity index is 985. The van der Waals surface area contributed by atoms with Gasteiger partial charge in [-0.05, 0) is 64.2 Å². The molecule has 0 bridgehead atoms. The number of carbonyl (C=O) groups is 2. The summed E-state index contributed by atoms with van der Waals surface area (Å²) in [6.07, 6.45) is 5.62. The van der Waals surface area contributed by atoms with Gasteiger partial charge >= 0.3 is 11.9 Å². The van der Waals surface area contributed by atoms with E-state index in [-0.39, 0.29) is 11.9 Å². The molecule has 1 heterocycles. The Kier molecular flexibility index (Phi) is 6.80. The van der Waals surface area contributed by atoms with Crippen molar-refractivity contribution in [3.8, 4) is 0 Å². The fourth-order valence-corrected chi connectivity index (χ4v) is 3.99. The standard InChI is InChI=1S/C25H31NO5/c1-5-30-23(28)25(14-12-24(4,29)13-15-25)11-10-19-6-7-20-8-9-21(26-22(20)16-19)17(2)31-18(3)27/h6-11,16-17,29H,5,12-15H2,1-4H3/b11-10+/t17-,24?,25?/m1/s1. The number of carbonyl (C=O) groups excluding carboxylic acids is 2. The van der Waals surface area contributed by atoms with Crippen molar-refractivity contribution < 1.29 is 24.2 Å². The van der Waals surface area contributed by atoms with Gasteiger partial charge in [-0.25, -0.2) is 4.98 Å². The second kappa shape index (κ2) is 9.18. The molecule has 166 valence electrons. The average molecular weight is 426 g/mol. The Morgan fingerprint density at radius 1 is 1.19 bits per heavy atom. The molecule has 0 amide bonds. The van der Waals surface area contributed by atoms with E-state index in [0.717, 1.165) is 16.5 Å². The molecular weight excluding hydrogens is 394 g/mol. The highest BCUT2D eigenvalue weighted by Gasteiger charge is 2.44. The van der Waals surface area contributed by atoms with E-state index in [4.69, 9.17) is 9.47 Å². The number of benzene rings is 1. The zero-order valence-electron chi connectivity index (χ0n) is 18.7. The number of rotatable bonds is 6. The lowest BCUT2D eigenvalue weighted by atomic mass is 9.69. The molecule has 6 nitrogen and oxygen atoms in total. The number of pyridine rings is 1. The molecule has 2 aromatic rings. The van der Waals surface area contributed by atoms with E-state index in [9.17, 15) is 14.7 Å². The van der Waals surface area contributed by atoms with Gasteiger partial charge in [0.2, 0.25) is 0 Å². The Labute approximate surface area is 183 Å². The second-order valence-corrected chi connectivity index (χ2v) is 8.65. The lowest BCUT2D eigenvalue weighted by Crippen LogP contribution is -2.41. The van der Waals surface area contributed by atoms with Gasteiger partial charge in [-0.3, -0.25) is 9.59 Å². The first-order chi connectivity index (χ1) is 14.6. The summed E-state index contributed by atoms with van der Waals surface area (Å²) in [5.74, 6) is -0.583. The molecule has 1 atom stereocenters. The van der Waals surface area contributed by atoms with E-state index < -0.39 is 17.1 Å². The van der Waals surface area contributed by atoms with Crippen molar-refractivity contribution in [1.82, 2.24) is 4.98 Å². The first-order valence-corrected chi connectivity index (χ1v) is 10.8. The average Bonchev–Trinajstić information content (AvgIpc) is 2.72. The molecule has 1 saturated carbocycles. The molecule has 1 aromatic heterocycles. The monoisotopic (exact) mass is 425 g/mol. The molecule has 0 unspecified atom stereocenters. The zero-order valence-corrected chi connectivity index (χ0v) is 18.7. The Balaban J connectivity index is 1.88. The summed E-state index contributed by atoms with van der Waals surface area (Å²) in [5.41, 5.74) is 0.910. The van der Waals surface area contributed by atoms with Crippen LogP contribution >= 0.6 is 0 Å². The molecule has 0 radical (unpaired) electrons. The molecular formula is C25H31NO5. The minimum absolute atomic E-state index is 0.238. The maximum atomic E-state index is 12.8. The molecule has 1 fully saturated rings. The highest BCUT2D eigenvalue weighted by molar-refractivity contribution is 5.83. The van der Waals surface area contributed by atoms with Gasteiger partial charge in [0, 0.05) is 12.3 Å². The molecule has 1 aromatic carbocycles. The Morgan fingerprint density at radius 2 is 1.87 bits per heavy atom. The lowest BCUT2D eigenvalue weighted by molar-refractivity contribution is -0.156. The topological polar surface area (TPSA) is 85.7 Å². The highest BCUT2D eigenvalue weighted by Crippen LogP contribution is 2.43. The summed E-state index contributed by atoms with van der Waals surface area (Å²) < 4.78 is 10.6. The van der Waals surface area contributed by atoms with E-state index in [0.29, 0.717) is 38.0 Å². The second-order valence-electron chi connectivity index (χ2n) is 8.65. The van der Waals surface area contributed by atoms with E-state index in [1.165, 1.54) is 6.92 Å². The smallest absolute Gasteiger partial charge is 0.315 e. The molecule has 6 heteroatoms. The number of aromatic nitrogens is 1. The third-order valence-corrected chi connectivity index (χ3v) is 5.99. The van der Waals surface area contributed by atoms with E-state index in [2.05, 4.69) is 4.98 Å². The maximum Gasteiger partial charge on any atom is 0.315 e. The first kappa shape index (κ1) is 22.9. The fourth-order valence-electron chi connectivity index (χ4n) is 3.99. The van der Waals surface area contributed by atoms with Crippen LogP contribution in [0.5, 0.6) is 0 Å². The quantitative estimate of drug-likeness (QED) is 0.673.